The summed E-state index contributed by atoms with van der Waals surface area (Å²) in [6.45, 7) is 8.99. The zero-order valence-corrected chi connectivity index (χ0v) is 16.2. The number of fused-ring (bicyclic) bond motifs is 1. The van der Waals surface area contributed by atoms with Crippen LogP contribution in [0.15, 0.2) is 28.7 Å². The van der Waals surface area contributed by atoms with E-state index in [2.05, 4.69) is 9.62 Å². The van der Waals surface area contributed by atoms with Gasteiger partial charge in [0.25, 0.3) is 0 Å². The van der Waals surface area contributed by atoms with Crippen molar-refractivity contribution in [2.75, 3.05) is 31.2 Å². The number of furan rings is 1. The number of benzene rings is 1. The number of ether oxygens (including phenoxy) is 1. The highest BCUT2D eigenvalue weighted by molar-refractivity contribution is 7.83. The van der Waals surface area contributed by atoms with Crippen LogP contribution in [-0.4, -0.2) is 39.3 Å². The Morgan fingerprint density at radius 3 is 2.54 bits per heavy atom. The minimum Gasteiger partial charge on any atom is -0.441 e. The molecule has 2 N–H and O–H groups in total. The van der Waals surface area contributed by atoms with Crippen molar-refractivity contribution in [3.05, 3.63) is 29.8 Å². The van der Waals surface area contributed by atoms with Crippen molar-refractivity contribution < 1.29 is 22.1 Å². The van der Waals surface area contributed by atoms with Gasteiger partial charge in [-0.15, -0.1) is 0 Å². The molecule has 3 rings (SSSR count). The first-order valence-electron chi connectivity index (χ1n) is 8.72. The molecule has 26 heavy (non-hydrogen) atoms. The molecule has 0 radical (unpaired) electrons. The van der Waals surface area contributed by atoms with Crippen molar-refractivity contribution in [2.45, 2.75) is 33.2 Å². The highest BCUT2D eigenvalue weighted by Crippen LogP contribution is 2.33. The number of rotatable bonds is 5. The van der Waals surface area contributed by atoms with E-state index in [0.717, 1.165) is 35.5 Å². The Labute approximate surface area is 154 Å². The number of anilines is 1. The van der Waals surface area contributed by atoms with Crippen LogP contribution in [0.4, 0.5) is 5.88 Å². The van der Waals surface area contributed by atoms with E-state index in [4.69, 9.17) is 9.15 Å². The summed E-state index contributed by atoms with van der Waals surface area (Å²) >= 11 is 0. The van der Waals surface area contributed by atoms with Crippen LogP contribution >= 0.6 is 0 Å². The molecule has 1 saturated heterocycles. The smallest absolute Gasteiger partial charge is 0.333 e. The average molecular weight is 382 g/mol. The topological polar surface area (TPSA) is 92.0 Å². The molecule has 1 aromatic heterocycles. The summed E-state index contributed by atoms with van der Waals surface area (Å²) in [5.41, 5.74) is 1.42. The Morgan fingerprint density at radius 2 is 1.92 bits per heavy atom. The van der Waals surface area contributed by atoms with Crippen molar-refractivity contribution in [3.8, 4) is 0 Å². The Bertz CT molecular complexity index is 863. The molecule has 2 heterocycles. The van der Waals surface area contributed by atoms with Crippen LogP contribution < -0.4 is 9.62 Å². The second-order valence-corrected chi connectivity index (χ2v) is 9.08. The zero-order valence-electron chi connectivity index (χ0n) is 15.4. The van der Waals surface area contributed by atoms with Gasteiger partial charge in [-0.3, -0.25) is 4.55 Å². The van der Waals surface area contributed by atoms with Crippen LogP contribution in [0.5, 0.6) is 0 Å². The highest BCUT2D eigenvalue weighted by atomic mass is 32.2. The predicted molar refractivity (Wildman–Crippen MR) is 101 cm³/mol. The van der Waals surface area contributed by atoms with Crippen LogP contribution in [0, 0.1) is 5.41 Å². The molecule has 2 aromatic rings. The van der Waals surface area contributed by atoms with E-state index in [9.17, 15) is 13.0 Å². The SMILES string of the molecule is CC(C)(C)CC(NS(=O)(=O)O)c1ccc2oc(N3CCOCC3)cc2c1. The molecule has 0 saturated carbocycles. The molecule has 0 aliphatic carbocycles. The van der Waals surface area contributed by atoms with E-state index < -0.39 is 16.3 Å². The van der Waals surface area contributed by atoms with Gasteiger partial charge < -0.3 is 14.1 Å². The normalized spacial score (nSPS) is 17.6. The lowest BCUT2D eigenvalue weighted by atomic mass is 9.86. The van der Waals surface area contributed by atoms with E-state index >= 15 is 0 Å². The molecule has 144 valence electrons. The van der Waals surface area contributed by atoms with Crippen molar-refractivity contribution in [3.63, 3.8) is 0 Å². The van der Waals surface area contributed by atoms with Gasteiger partial charge in [0, 0.05) is 30.6 Å². The monoisotopic (exact) mass is 382 g/mol. The van der Waals surface area contributed by atoms with Gasteiger partial charge in [-0.1, -0.05) is 26.8 Å². The molecule has 0 spiro atoms. The minimum absolute atomic E-state index is 0.118. The average Bonchev–Trinajstić information content (AvgIpc) is 2.95. The fourth-order valence-corrected chi connectivity index (χ4v) is 3.80. The quantitative estimate of drug-likeness (QED) is 0.772. The first-order valence-corrected chi connectivity index (χ1v) is 10.2. The number of hydrogen-bond donors (Lipinski definition) is 2. The zero-order chi connectivity index (χ0) is 18.9. The van der Waals surface area contributed by atoms with Gasteiger partial charge in [-0.2, -0.15) is 13.1 Å². The van der Waals surface area contributed by atoms with Crippen LogP contribution in [0.25, 0.3) is 11.0 Å². The molecule has 0 bridgehead atoms. The summed E-state index contributed by atoms with van der Waals surface area (Å²) in [5.74, 6) is 0.788. The summed E-state index contributed by atoms with van der Waals surface area (Å²) in [6, 6.07) is 7.04. The Hall–Kier alpha value is -1.61. The standard InChI is InChI=1S/C18H26N2O5S/c1-18(2,3)12-15(19-26(21,22)23)13-4-5-16-14(10-13)11-17(25-16)20-6-8-24-9-7-20/h4-5,10-11,15,19H,6-9,12H2,1-3H3,(H,21,22,23). The molecule has 1 unspecified atom stereocenters. The molecule has 1 aliphatic rings. The fourth-order valence-electron chi connectivity index (χ4n) is 3.22. The summed E-state index contributed by atoms with van der Waals surface area (Å²) in [6.07, 6.45) is 0.548. The van der Waals surface area contributed by atoms with Gasteiger partial charge in [-0.25, -0.2) is 0 Å². The van der Waals surface area contributed by atoms with Crippen molar-refractivity contribution in [1.82, 2.24) is 4.72 Å². The molecule has 7 nitrogen and oxygen atoms in total. The molecule has 1 aliphatic heterocycles. The number of nitrogens with one attached hydrogen (secondary N) is 1. The lowest BCUT2D eigenvalue weighted by molar-refractivity contribution is 0.121. The maximum absolute atomic E-state index is 11.4. The molecule has 1 aromatic carbocycles. The van der Waals surface area contributed by atoms with Crippen molar-refractivity contribution >= 4 is 27.2 Å². The Morgan fingerprint density at radius 1 is 1.23 bits per heavy atom. The molecular formula is C18H26N2O5S. The Kier molecular flexibility index (Phi) is 5.30. The summed E-state index contributed by atoms with van der Waals surface area (Å²) < 4.78 is 45.6. The van der Waals surface area contributed by atoms with Crippen LogP contribution in [-0.2, 0) is 15.0 Å². The van der Waals surface area contributed by atoms with Gasteiger partial charge in [0.2, 0.25) is 0 Å². The summed E-state index contributed by atoms with van der Waals surface area (Å²) in [5, 5.41) is 0.903. The third kappa shape index (κ3) is 4.97. The van der Waals surface area contributed by atoms with Gasteiger partial charge in [0.15, 0.2) is 5.88 Å². The maximum atomic E-state index is 11.4. The van der Waals surface area contributed by atoms with Crippen molar-refractivity contribution in [2.24, 2.45) is 5.41 Å². The fraction of sp³-hybridized carbons (Fsp3) is 0.556. The molecule has 8 heteroatoms. The van der Waals surface area contributed by atoms with Gasteiger partial charge in [-0.05, 0) is 29.5 Å². The third-order valence-corrected chi connectivity index (χ3v) is 4.94. The minimum atomic E-state index is -4.30. The number of hydrogen-bond acceptors (Lipinski definition) is 5. The second kappa shape index (κ2) is 7.19. The summed E-state index contributed by atoms with van der Waals surface area (Å²) in [7, 11) is -4.30. The maximum Gasteiger partial charge on any atom is 0.333 e. The van der Waals surface area contributed by atoms with E-state index in [-0.39, 0.29) is 5.41 Å². The van der Waals surface area contributed by atoms with E-state index in [1.54, 1.807) is 0 Å². The van der Waals surface area contributed by atoms with Crippen LogP contribution in [0.3, 0.4) is 0 Å². The first kappa shape index (κ1) is 19.2. The van der Waals surface area contributed by atoms with E-state index in [1.165, 1.54) is 0 Å². The summed E-state index contributed by atoms with van der Waals surface area (Å²) in [4.78, 5) is 2.13. The van der Waals surface area contributed by atoms with Crippen LogP contribution in [0.2, 0.25) is 0 Å². The predicted octanol–water partition coefficient (Wildman–Crippen LogP) is 3.14. The van der Waals surface area contributed by atoms with E-state index in [0.29, 0.717) is 19.6 Å². The molecule has 1 fully saturated rings. The molecule has 1 atom stereocenters. The molecule has 0 amide bonds. The van der Waals surface area contributed by atoms with Gasteiger partial charge in [0.1, 0.15) is 5.58 Å². The van der Waals surface area contributed by atoms with Crippen LogP contribution in [0.1, 0.15) is 38.8 Å². The molecular weight excluding hydrogens is 356 g/mol. The lowest BCUT2D eigenvalue weighted by Gasteiger charge is -2.26. The third-order valence-electron chi connectivity index (χ3n) is 4.36. The first-order chi connectivity index (χ1) is 12.1. The second-order valence-electron chi connectivity index (χ2n) is 7.89. The number of morpholine rings is 1. The van der Waals surface area contributed by atoms with E-state index in [1.807, 2.05) is 45.0 Å². The Balaban J connectivity index is 1.91. The lowest BCUT2D eigenvalue weighted by Crippen LogP contribution is -2.35. The van der Waals surface area contributed by atoms with Gasteiger partial charge >= 0.3 is 10.3 Å². The van der Waals surface area contributed by atoms with Crippen molar-refractivity contribution in [1.29, 1.82) is 0 Å². The number of nitrogens with zero attached hydrogens (tertiary/aromatic N) is 1. The highest BCUT2D eigenvalue weighted by Gasteiger charge is 2.24. The van der Waals surface area contributed by atoms with Gasteiger partial charge in [0.05, 0.1) is 13.2 Å². The largest absolute Gasteiger partial charge is 0.441 e.